The van der Waals surface area contributed by atoms with Crippen LogP contribution in [-0.4, -0.2) is 40.4 Å². The van der Waals surface area contributed by atoms with Crippen LogP contribution in [0.15, 0.2) is 53.6 Å². The van der Waals surface area contributed by atoms with Gasteiger partial charge in [-0.2, -0.15) is 0 Å². The van der Waals surface area contributed by atoms with Gasteiger partial charge >= 0.3 is 0 Å². The Morgan fingerprint density at radius 2 is 1.78 bits per heavy atom. The molecule has 0 atom stereocenters. The van der Waals surface area contributed by atoms with Crippen LogP contribution >= 0.6 is 0 Å². The summed E-state index contributed by atoms with van der Waals surface area (Å²) in [4.78, 5) is 47.9. The van der Waals surface area contributed by atoms with Crippen molar-refractivity contribution in [1.82, 2.24) is 14.5 Å². The minimum absolute atomic E-state index is 0.0381. The Balaban J connectivity index is 1.37. The van der Waals surface area contributed by atoms with E-state index in [0.29, 0.717) is 59.9 Å². The number of nitrogens with one attached hydrogen (secondary N) is 1. The SMILES string of the molecule is CCCCCn1c2c(cc(C(=O)Nc3ccc(Oc4ccnc5cc(OC)c(OC)cc45)cn3)c1=O)C(=O)CCC2. The van der Waals surface area contributed by atoms with Gasteiger partial charge in [0, 0.05) is 41.9 Å². The van der Waals surface area contributed by atoms with Crippen molar-refractivity contribution in [3.8, 4) is 23.0 Å². The fourth-order valence-corrected chi connectivity index (χ4v) is 5.05. The van der Waals surface area contributed by atoms with Crippen molar-refractivity contribution in [3.63, 3.8) is 0 Å². The molecule has 0 unspecified atom stereocenters. The van der Waals surface area contributed by atoms with Gasteiger partial charge in [0.25, 0.3) is 11.5 Å². The van der Waals surface area contributed by atoms with Crippen LogP contribution < -0.4 is 25.1 Å². The highest BCUT2D eigenvalue weighted by atomic mass is 16.5. The van der Waals surface area contributed by atoms with Crippen molar-refractivity contribution in [2.24, 2.45) is 0 Å². The quantitative estimate of drug-likeness (QED) is 0.252. The topological polar surface area (TPSA) is 122 Å². The van der Waals surface area contributed by atoms with Gasteiger partial charge in [-0.25, -0.2) is 4.98 Å². The summed E-state index contributed by atoms with van der Waals surface area (Å²) >= 11 is 0. The molecule has 212 valence electrons. The lowest BCUT2D eigenvalue weighted by molar-refractivity contribution is 0.0970. The molecule has 1 aliphatic rings. The molecule has 0 fully saturated rings. The molecule has 0 saturated heterocycles. The van der Waals surface area contributed by atoms with E-state index in [1.54, 1.807) is 55.3 Å². The number of hydrogen-bond acceptors (Lipinski definition) is 8. The molecule has 1 amide bonds. The van der Waals surface area contributed by atoms with E-state index in [2.05, 4.69) is 22.2 Å². The average Bonchev–Trinajstić information content (AvgIpc) is 2.98. The van der Waals surface area contributed by atoms with Gasteiger partial charge in [0.05, 0.1) is 25.9 Å². The molecule has 0 radical (unpaired) electrons. The molecule has 10 nitrogen and oxygen atoms in total. The number of methoxy groups -OCH3 is 2. The molecule has 5 rings (SSSR count). The predicted octanol–water partition coefficient (Wildman–Crippen LogP) is 5.56. The Labute approximate surface area is 237 Å². The summed E-state index contributed by atoms with van der Waals surface area (Å²) in [6.07, 6.45) is 7.64. The Hall–Kier alpha value is -4.73. The zero-order valence-corrected chi connectivity index (χ0v) is 23.4. The maximum absolute atomic E-state index is 13.4. The first kappa shape index (κ1) is 27.8. The summed E-state index contributed by atoms with van der Waals surface area (Å²) in [5.74, 6) is 1.67. The first-order chi connectivity index (χ1) is 19.9. The second kappa shape index (κ2) is 12.2. The van der Waals surface area contributed by atoms with Crippen LogP contribution in [0.2, 0.25) is 0 Å². The van der Waals surface area contributed by atoms with Gasteiger partial charge in [0.2, 0.25) is 0 Å². The summed E-state index contributed by atoms with van der Waals surface area (Å²) in [6.45, 7) is 2.57. The number of fused-ring (bicyclic) bond motifs is 2. The lowest BCUT2D eigenvalue weighted by Gasteiger charge is -2.21. The van der Waals surface area contributed by atoms with E-state index < -0.39 is 5.91 Å². The van der Waals surface area contributed by atoms with E-state index in [9.17, 15) is 14.4 Å². The summed E-state index contributed by atoms with van der Waals surface area (Å²) < 4.78 is 18.5. The Morgan fingerprint density at radius 3 is 2.51 bits per heavy atom. The molecule has 1 aromatic carbocycles. The maximum atomic E-state index is 13.4. The van der Waals surface area contributed by atoms with E-state index in [0.717, 1.165) is 30.3 Å². The highest BCUT2D eigenvalue weighted by Crippen LogP contribution is 2.36. The third kappa shape index (κ3) is 5.77. The number of carbonyl (C=O) groups is 2. The number of benzene rings is 1. The van der Waals surface area contributed by atoms with E-state index in [4.69, 9.17) is 14.2 Å². The summed E-state index contributed by atoms with van der Waals surface area (Å²) in [6, 6.07) is 9.98. The molecule has 4 aromatic rings. The number of anilines is 1. The summed E-state index contributed by atoms with van der Waals surface area (Å²) in [5.41, 5.74) is 1.42. The van der Waals surface area contributed by atoms with Crippen molar-refractivity contribution in [2.75, 3.05) is 19.5 Å². The molecule has 0 spiro atoms. The Kier molecular flexibility index (Phi) is 8.28. The van der Waals surface area contributed by atoms with E-state index in [1.807, 2.05) is 0 Å². The zero-order chi connectivity index (χ0) is 28.9. The van der Waals surface area contributed by atoms with E-state index >= 15 is 0 Å². The number of Topliss-reactive ketones (excluding diaryl/α,β-unsaturated/α-hetero) is 1. The standard InChI is InChI=1S/C31H32N4O6/c1-4-5-6-14-35-24-8-7-9-25(36)21(24)15-22(31(35)38)30(37)34-29-11-10-19(18-33-29)41-26-12-13-32-23-17-28(40-3)27(39-2)16-20(23)26/h10-13,15-18H,4-9,14H2,1-3H3,(H,33,34,37). The predicted molar refractivity (Wildman–Crippen MR) is 155 cm³/mol. The van der Waals surface area contributed by atoms with Crippen molar-refractivity contribution in [1.29, 1.82) is 0 Å². The number of aromatic nitrogens is 3. The van der Waals surface area contributed by atoms with Crippen molar-refractivity contribution >= 4 is 28.4 Å². The van der Waals surface area contributed by atoms with Crippen LogP contribution in [0.1, 0.15) is 65.4 Å². The Bertz CT molecular complexity index is 1660. The average molecular weight is 557 g/mol. The molecular weight excluding hydrogens is 524 g/mol. The van der Waals surface area contributed by atoms with Crippen LogP contribution in [0.5, 0.6) is 23.0 Å². The van der Waals surface area contributed by atoms with Gasteiger partial charge < -0.3 is 24.1 Å². The molecule has 0 aliphatic heterocycles. The van der Waals surface area contributed by atoms with E-state index in [1.165, 1.54) is 12.3 Å². The van der Waals surface area contributed by atoms with Crippen LogP contribution in [0.25, 0.3) is 10.9 Å². The number of ketones is 1. The molecular formula is C31H32N4O6. The highest BCUT2D eigenvalue weighted by molar-refractivity contribution is 6.06. The minimum Gasteiger partial charge on any atom is -0.493 e. The number of amides is 1. The number of nitrogens with zero attached hydrogens (tertiary/aromatic N) is 3. The zero-order valence-electron chi connectivity index (χ0n) is 23.4. The molecule has 0 saturated carbocycles. The molecule has 1 aliphatic carbocycles. The minimum atomic E-state index is -0.609. The fourth-order valence-electron chi connectivity index (χ4n) is 5.05. The number of rotatable bonds is 10. The fraction of sp³-hybridized carbons (Fsp3) is 0.323. The second-order valence-corrected chi connectivity index (χ2v) is 9.83. The smallest absolute Gasteiger partial charge is 0.263 e. The van der Waals surface area contributed by atoms with Gasteiger partial charge in [-0.05, 0) is 49.6 Å². The van der Waals surface area contributed by atoms with E-state index in [-0.39, 0.29) is 22.7 Å². The summed E-state index contributed by atoms with van der Waals surface area (Å²) in [7, 11) is 3.12. The number of hydrogen-bond donors (Lipinski definition) is 1. The number of ether oxygens (including phenoxy) is 3. The van der Waals surface area contributed by atoms with Crippen LogP contribution in [-0.2, 0) is 13.0 Å². The first-order valence-corrected chi connectivity index (χ1v) is 13.7. The van der Waals surface area contributed by atoms with Crippen LogP contribution in [0, 0.1) is 0 Å². The normalized spacial score (nSPS) is 12.6. The largest absolute Gasteiger partial charge is 0.493 e. The highest BCUT2D eigenvalue weighted by Gasteiger charge is 2.25. The molecule has 41 heavy (non-hydrogen) atoms. The maximum Gasteiger partial charge on any atom is 0.263 e. The third-order valence-electron chi connectivity index (χ3n) is 7.16. The van der Waals surface area contributed by atoms with Gasteiger partial charge in [0.1, 0.15) is 22.9 Å². The van der Waals surface area contributed by atoms with Crippen molar-refractivity contribution in [3.05, 3.63) is 76.0 Å². The number of pyridine rings is 3. The monoisotopic (exact) mass is 556 g/mol. The summed E-state index contributed by atoms with van der Waals surface area (Å²) in [5, 5.41) is 3.41. The van der Waals surface area contributed by atoms with Crippen LogP contribution in [0.4, 0.5) is 5.82 Å². The lowest BCUT2D eigenvalue weighted by Crippen LogP contribution is -2.34. The van der Waals surface area contributed by atoms with Crippen LogP contribution in [0.3, 0.4) is 0 Å². The first-order valence-electron chi connectivity index (χ1n) is 13.7. The van der Waals surface area contributed by atoms with Gasteiger partial charge in [0.15, 0.2) is 17.3 Å². The molecule has 3 heterocycles. The third-order valence-corrected chi connectivity index (χ3v) is 7.16. The van der Waals surface area contributed by atoms with Gasteiger partial charge in [-0.3, -0.25) is 19.4 Å². The number of unbranched alkanes of at least 4 members (excludes halogenated alkanes) is 2. The second-order valence-electron chi connectivity index (χ2n) is 9.83. The van der Waals surface area contributed by atoms with Gasteiger partial charge in [-0.1, -0.05) is 19.8 Å². The van der Waals surface area contributed by atoms with Crippen molar-refractivity contribution in [2.45, 2.75) is 52.0 Å². The molecule has 10 heteroatoms. The molecule has 3 aromatic heterocycles. The molecule has 1 N–H and O–H groups in total. The number of carbonyl (C=O) groups excluding carboxylic acids is 2. The lowest BCUT2D eigenvalue weighted by atomic mass is 9.93. The van der Waals surface area contributed by atoms with Gasteiger partial charge in [-0.15, -0.1) is 0 Å². The van der Waals surface area contributed by atoms with Crippen molar-refractivity contribution < 1.29 is 23.8 Å². The Morgan fingerprint density at radius 1 is 0.976 bits per heavy atom. The molecule has 0 bridgehead atoms.